The number of nitrogens with one attached hydrogen (secondary N) is 1. The smallest absolute Gasteiger partial charge is 0.231 e. The molecular weight excluding hydrogens is 372 g/mol. The Bertz CT molecular complexity index is 1020. The molecule has 1 aliphatic rings. The van der Waals surface area contributed by atoms with Gasteiger partial charge in [0.25, 0.3) is 0 Å². The maximum Gasteiger partial charge on any atom is 0.231 e. The summed E-state index contributed by atoms with van der Waals surface area (Å²) in [6.07, 6.45) is 3.11. The van der Waals surface area contributed by atoms with Crippen LogP contribution in [0, 0.1) is 11.3 Å². The minimum absolute atomic E-state index is 0.229. The molecule has 2 aromatic heterocycles. The number of nitriles is 1. The second-order valence-electron chi connectivity index (χ2n) is 5.28. The Morgan fingerprint density at radius 1 is 1.27 bits per heavy atom. The van der Waals surface area contributed by atoms with Crippen LogP contribution in [-0.4, -0.2) is 16.8 Å². The summed E-state index contributed by atoms with van der Waals surface area (Å²) < 4.78 is 10.7. The fourth-order valence-corrected chi connectivity index (χ4v) is 3.24. The number of anilines is 1. The first-order chi connectivity index (χ1) is 12.7. The highest BCUT2D eigenvalue weighted by molar-refractivity contribution is 7.11. The van der Waals surface area contributed by atoms with Gasteiger partial charge in [-0.1, -0.05) is 11.6 Å². The third-order valence-corrected chi connectivity index (χ3v) is 4.71. The molecule has 4 rings (SSSR count). The van der Waals surface area contributed by atoms with Gasteiger partial charge in [-0.3, -0.25) is 0 Å². The van der Waals surface area contributed by atoms with E-state index in [1.807, 2.05) is 23.6 Å². The number of nitrogens with zero attached hydrogens (tertiary/aromatic N) is 3. The summed E-state index contributed by atoms with van der Waals surface area (Å²) in [6, 6.07) is 11.3. The Morgan fingerprint density at radius 2 is 2.15 bits per heavy atom. The van der Waals surface area contributed by atoms with E-state index in [-0.39, 0.29) is 6.79 Å². The van der Waals surface area contributed by atoms with Crippen LogP contribution in [0.1, 0.15) is 5.01 Å². The van der Waals surface area contributed by atoms with Gasteiger partial charge in [0.2, 0.25) is 6.79 Å². The van der Waals surface area contributed by atoms with Crippen molar-refractivity contribution in [3.63, 3.8) is 0 Å². The lowest BCUT2D eigenvalue weighted by Crippen LogP contribution is -1.93. The molecule has 0 bridgehead atoms. The van der Waals surface area contributed by atoms with Crippen molar-refractivity contribution in [1.29, 1.82) is 5.26 Å². The molecule has 26 heavy (non-hydrogen) atoms. The Kier molecular flexibility index (Phi) is 4.44. The van der Waals surface area contributed by atoms with E-state index in [2.05, 4.69) is 21.4 Å². The first kappa shape index (κ1) is 16.4. The molecule has 8 heteroatoms. The molecule has 0 atom stereocenters. The Labute approximate surface area is 158 Å². The molecule has 128 valence electrons. The van der Waals surface area contributed by atoms with Gasteiger partial charge in [0.05, 0.1) is 10.7 Å². The second kappa shape index (κ2) is 7.04. The number of pyridine rings is 1. The summed E-state index contributed by atoms with van der Waals surface area (Å²) in [5.41, 5.74) is 2.09. The predicted octanol–water partition coefficient (Wildman–Crippen LogP) is 4.56. The van der Waals surface area contributed by atoms with Gasteiger partial charge in [-0.2, -0.15) is 5.26 Å². The zero-order valence-electron chi connectivity index (χ0n) is 13.3. The van der Waals surface area contributed by atoms with Gasteiger partial charge in [-0.25, -0.2) is 9.97 Å². The highest BCUT2D eigenvalue weighted by atomic mass is 35.5. The molecule has 3 heterocycles. The maximum atomic E-state index is 9.44. The van der Waals surface area contributed by atoms with E-state index in [9.17, 15) is 5.26 Å². The largest absolute Gasteiger partial charge is 0.454 e. The molecule has 0 radical (unpaired) electrons. The summed E-state index contributed by atoms with van der Waals surface area (Å²) in [5.74, 6) is 2.01. The molecule has 3 aromatic rings. The summed E-state index contributed by atoms with van der Waals surface area (Å²) in [4.78, 5) is 8.68. The first-order valence-electron chi connectivity index (χ1n) is 7.57. The van der Waals surface area contributed by atoms with Crippen LogP contribution < -0.4 is 14.8 Å². The highest BCUT2D eigenvalue weighted by Crippen LogP contribution is 2.36. The van der Waals surface area contributed by atoms with Crippen molar-refractivity contribution in [2.75, 3.05) is 12.1 Å². The minimum Gasteiger partial charge on any atom is -0.454 e. The van der Waals surface area contributed by atoms with Gasteiger partial charge in [-0.05, 0) is 30.3 Å². The molecule has 1 aromatic carbocycles. The van der Waals surface area contributed by atoms with Crippen molar-refractivity contribution < 1.29 is 9.47 Å². The second-order valence-corrected chi connectivity index (χ2v) is 6.58. The Balaban J connectivity index is 1.56. The molecule has 0 saturated carbocycles. The number of fused-ring (bicyclic) bond motifs is 1. The molecule has 0 saturated heterocycles. The van der Waals surface area contributed by atoms with E-state index >= 15 is 0 Å². The standard InChI is InChI=1S/C18H11ClN4O2S/c19-13-2-4-17(22-8-13)21-7-12(6-20)18-23-14(9-26-18)11-1-3-15-16(5-11)25-10-24-15/h1-5,7-9H,10H2,(H,21,22)/b12-7+. The number of halogens is 1. The van der Waals surface area contributed by atoms with Gasteiger partial charge in [0, 0.05) is 23.3 Å². The number of aromatic nitrogens is 2. The molecule has 0 spiro atoms. The fourth-order valence-electron chi connectivity index (χ4n) is 2.34. The average Bonchev–Trinajstić information content (AvgIpc) is 3.32. The van der Waals surface area contributed by atoms with E-state index in [4.69, 9.17) is 21.1 Å². The van der Waals surface area contributed by atoms with Crippen molar-refractivity contribution in [2.24, 2.45) is 0 Å². The van der Waals surface area contributed by atoms with Crippen LogP contribution >= 0.6 is 22.9 Å². The van der Waals surface area contributed by atoms with Crippen molar-refractivity contribution in [3.8, 4) is 28.8 Å². The van der Waals surface area contributed by atoms with E-state index in [1.165, 1.54) is 17.5 Å². The SMILES string of the molecule is N#C/C(=C\Nc1ccc(Cl)cn1)c1nc(-c2ccc3c(c2)OCO3)cs1. The van der Waals surface area contributed by atoms with Crippen LogP contribution in [-0.2, 0) is 0 Å². The van der Waals surface area contributed by atoms with Crippen molar-refractivity contribution in [1.82, 2.24) is 9.97 Å². The van der Waals surface area contributed by atoms with Gasteiger partial charge < -0.3 is 14.8 Å². The third-order valence-electron chi connectivity index (χ3n) is 3.62. The summed E-state index contributed by atoms with van der Waals surface area (Å²) in [6.45, 7) is 0.229. The number of allylic oxidation sites excluding steroid dienone is 1. The van der Waals surface area contributed by atoms with Gasteiger partial charge in [0.15, 0.2) is 11.5 Å². The number of rotatable bonds is 4. The topological polar surface area (TPSA) is 80.1 Å². The lowest BCUT2D eigenvalue weighted by Gasteiger charge is -2.01. The molecule has 0 amide bonds. The molecule has 6 nitrogen and oxygen atoms in total. The summed E-state index contributed by atoms with van der Waals surface area (Å²) in [5, 5.41) is 15.5. The lowest BCUT2D eigenvalue weighted by atomic mass is 10.1. The normalized spacial score (nSPS) is 12.7. The molecule has 0 aliphatic carbocycles. The van der Waals surface area contributed by atoms with Gasteiger partial charge in [-0.15, -0.1) is 11.3 Å². The predicted molar refractivity (Wildman–Crippen MR) is 100 cm³/mol. The van der Waals surface area contributed by atoms with E-state index in [1.54, 1.807) is 18.3 Å². The Hall–Kier alpha value is -3.08. The van der Waals surface area contributed by atoms with Gasteiger partial charge >= 0.3 is 0 Å². The number of ether oxygens (including phenoxy) is 2. The number of hydrogen-bond donors (Lipinski definition) is 1. The number of benzene rings is 1. The zero-order chi connectivity index (χ0) is 17.9. The summed E-state index contributed by atoms with van der Waals surface area (Å²) in [7, 11) is 0. The number of thiazole rings is 1. The van der Waals surface area contributed by atoms with Crippen molar-refractivity contribution in [2.45, 2.75) is 0 Å². The van der Waals surface area contributed by atoms with E-state index < -0.39 is 0 Å². The van der Waals surface area contributed by atoms with Crippen LogP contribution in [0.5, 0.6) is 11.5 Å². The van der Waals surface area contributed by atoms with Crippen LogP contribution in [0.3, 0.4) is 0 Å². The molecular formula is C18H11ClN4O2S. The minimum atomic E-state index is 0.229. The zero-order valence-corrected chi connectivity index (χ0v) is 14.8. The van der Waals surface area contributed by atoms with Gasteiger partial charge in [0.1, 0.15) is 22.5 Å². The van der Waals surface area contributed by atoms with Crippen LogP contribution in [0.15, 0.2) is 48.1 Å². The maximum absolute atomic E-state index is 9.44. The number of hydrogen-bond acceptors (Lipinski definition) is 7. The summed E-state index contributed by atoms with van der Waals surface area (Å²) >= 11 is 7.20. The van der Waals surface area contributed by atoms with E-state index in [0.29, 0.717) is 27.2 Å². The highest BCUT2D eigenvalue weighted by Gasteiger charge is 2.15. The molecule has 1 aliphatic heterocycles. The monoisotopic (exact) mass is 382 g/mol. The molecule has 0 fully saturated rings. The van der Waals surface area contributed by atoms with Crippen LogP contribution in [0.25, 0.3) is 16.8 Å². The molecule has 1 N–H and O–H groups in total. The van der Waals surface area contributed by atoms with Crippen LogP contribution in [0.2, 0.25) is 5.02 Å². The average molecular weight is 383 g/mol. The first-order valence-corrected chi connectivity index (χ1v) is 8.83. The Morgan fingerprint density at radius 3 is 2.96 bits per heavy atom. The van der Waals surface area contributed by atoms with E-state index in [0.717, 1.165) is 17.0 Å². The quantitative estimate of drug-likeness (QED) is 0.666. The molecule has 0 unspecified atom stereocenters. The van der Waals surface area contributed by atoms with Crippen molar-refractivity contribution >= 4 is 34.3 Å². The lowest BCUT2D eigenvalue weighted by molar-refractivity contribution is 0.174. The van der Waals surface area contributed by atoms with Crippen molar-refractivity contribution in [3.05, 3.63) is 58.1 Å². The fraction of sp³-hybridized carbons (Fsp3) is 0.0556. The van der Waals surface area contributed by atoms with Crippen LogP contribution in [0.4, 0.5) is 5.82 Å². The third kappa shape index (κ3) is 3.33.